The largest absolute Gasteiger partial charge is 0.486 e. The molecule has 132 valence electrons. The van der Waals surface area contributed by atoms with Crippen LogP contribution in [0.4, 0.5) is 5.69 Å². The Labute approximate surface area is 150 Å². The molecular formula is C17H20N4O3S. The molecule has 2 aliphatic rings. The molecule has 1 amide bonds. The van der Waals surface area contributed by atoms with Crippen molar-refractivity contribution in [2.24, 2.45) is 0 Å². The van der Waals surface area contributed by atoms with Gasteiger partial charge >= 0.3 is 0 Å². The molecule has 0 saturated heterocycles. The molecule has 0 unspecified atom stereocenters. The standard InChI is InChI=1S/C17H20N4O3S/c1-2-15-19-20-17(21(15)12-4-5-12)25-10-16(22)18-11-3-6-13-14(9-11)24-8-7-23-13/h3,6,9,12H,2,4-5,7-8,10H2,1H3,(H,18,22). The smallest absolute Gasteiger partial charge is 0.234 e. The van der Waals surface area contributed by atoms with Crippen molar-refractivity contribution in [2.75, 3.05) is 24.3 Å². The SMILES string of the molecule is CCc1nnc(SCC(=O)Nc2ccc3c(c2)OCCO3)n1C1CC1. The molecule has 8 heteroatoms. The molecule has 7 nitrogen and oxygen atoms in total. The second kappa shape index (κ2) is 6.95. The molecule has 0 atom stereocenters. The maximum Gasteiger partial charge on any atom is 0.234 e. The molecule has 2 aromatic rings. The Kier molecular flexibility index (Phi) is 4.52. The van der Waals surface area contributed by atoms with Crippen LogP contribution in [0, 0.1) is 0 Å². The number of hydrogen-bond donors (Lipinski definition) is 1. The first kappa shape index (κ1) is 16.3. The van der Waals surface area contributed by atoms with Gasteiger partial charge < -0.3 is 19.4 Å². The number of thioether (sulfide) groups is 1. The van der Waals surface area contributed by atoms with Crippen LogP contribution in [0.15, 0.2) is 23.4 Å². The zero-order valence-electron chi connectivity index (χ0n) is 14.0. The third kappa shape index (κ3) is 3.58. The minimum atomic E-state index is -0.0786. The van der Waals surface area contributed by atoms with Gasteiger partial charge in [-0.2, -0.15) is 0 Å². The molecule has 1 aromatic carbocycles. The van der Waals surface area contributed by atoms with Gasteiger partial charge in [-0.3, -0.25) is 4.79 Å². The molecule has 0 radical (unpaired) electrons. The third-order valence-corrected chi connectivity index (χ3v) is 5.06. The number of ether oxygens (including phenoxy) is 2. The number of fused-ring (bicyclic) bond motifs is 1. The van der Waals surface area contributed by atoms with Crippen molar-refractivity contribution in [3.05, 3.63) is 24.0 Å². The van der Waals surface area contributed by atoms with Gasteiger partial charge in [-0.05, 0) is 25.0 Å². The first-order valence-corrected chi connectivity index (χ1v) is 9.49. The van der Waals surface area contributed by atoms with E-state index >= 15 is 0 Å². The van der Waals surface area contributed by atoms with E-state index in [1.54, 1.807) is 6.07 Å². The topological polar surface area (TPSA) is 78.3 Å². The van der Waals surface area contributed by atoms with Gasteiger partial charge in [0.25, 0.3) is 0 Å². The number of amides is 1. The second-order valence-corrected chi connectivity index (χ2v) is 6.99. The van der Waals surface area contributed by atoms with Gasteiger partial charge in [0.2, 0.25) is 5.91 Å². The fraction of sp³-hybridized carbons (Fsp3) is 0.471. The number of benzene rings is 1. The summed E-state index contributed by atoms with van der Waals surface area (Å²) in [5, 5.41) is 12.2. The van der Waals surface area contributed by atoms with Crippen molar-refractivity contribution in [1.82, 2.24) is 14.8 Å². The maximum atomic E-state index is 12.3. The zero-order chi connectivity index (χ0) is 17.2. The van der Waals surface area contributed by atoms with Gasteiger partial charge in [-0.25, -0.2) is 0 Å². The van der Waals surface area contributed by atoms with E-state index in [0.717, 1.165) is 17.4 Å². The summed E-state index contributed by atoms with van der Waals surface area (Å²) in [4.78, 5) is 12.3. The van der Waals surface area contributed by atoms with Crippen molar-refractivity contribution in [2.45, 2.75) is 37.4 Å². The monoisotopic (exact) mass is 360 g/mol. The van der Waals surface area contributed by atoms with Crippen LogP contribution in [0.3, 0.4) is 0 Å². The predicted molar refractivity (Wildman–Crippen MR) is 94.5 cm³/mol. The third-order valence-electron chi connectivity index (χ3n) is 4.12. The van der Waals surface area contributed by atoms with Crippen LogP contribution in [-0.2, 0) is 11.2 Å². The van der Waals surface area contributed by atoms with E-state index in [4.69, 9.17) is 9.47 Å². The molecule has 1 N–H and O–H groups in total. The molecule has 1 saturated carbocycles. The molecule has 1 fully saturated rings. The van der Waals surface area contributed by atoms with Crippen molar-refractivity contribution in [3.8, 4) is 11.5 Å². The second-order valence-electron chi connectivity index (χ2n) is 6.05. The lowest BCUT2D eigenvalue weighted by molar-refractivity contribution is -0.113. The van der Waals surface area contributed by atoms with E-state index in [-0.39, 0.29) is 5.91 Å². The lowest BCUT2D eigenvalue weighted by Gasteiger charge is -2.19. The van der Waals surface area contributed by atoms with Gasteiger partial charge in [0.1, 0.15) is 19.0 Å². The van der Waals surface area contributed by atoms with Gasteiger partial charge in [0.15, 0.2) is 16.7 Å². The van der Waals surface area contributed by atoms with Crippen LogP contribution in [0.2, 0.25) is 0 Å². The van der Waals surface area contributed by atoms with E-state index in [0.29, 0.717) is 42.2 Å². The van der Waals surface area contributed by atoms with E-state index in [1.165, 1.54) is 24.6 Å². The summed E-state index contributed by atoms with van der Waals surface area (Å²) in [6.07, 6.45) is 3.19. The quantitative estimate of drug-likeness (QED) is 0.798. The summed E-state index contributed by atoms with van der Waals surface area (Å²) in [7, 11) is 0. The lowest BCUT2D eigenvalue weighted by Crippen LogP contribution is -2.17. The fourth-order valence-electron chi connectivity index (χ4n) is 2.79. The van der Waals surface area contributed by atoms with Crippen LogP contribution in [0.5, 0.6) is 11.5 Å². The van der Waals surface area contributed by atoms with Crippen LogP contribution >= 0.6 is 11.8 Å². The number of carbonyl (C=O) groups excluding carboxylic acids is 1. The Bertz CT molecular complexity index is 788. The number of nitrogens with one attached hydrogen (secondary N) is 1. The molecule has 0 spiro atoms. The van der Waals surface area contributed by atoms with Crippen molar-refractivity contribution < 1.29 is 14.3 Å². The lowest BCUT2D eigenvalue weighted by atomic mass is 10.2. The molecule has 4 rings (SSSR count). The molecule has 25 heavy (non-hydrogen) atoms. The summed E-state index contributed by atoms with van der Waals surface area (Å²) < 4.78 is 13.2. The number of aromatic nitrogens is 3. The number of anilines is 1. The highest BCUT2D eigenvalue weighted by molar-refractivity contribution is 7.99. The molecule has 1 aliphatic carbocycles. The van der Waals surface area contributed by atoms with Crippen LogP contribution < -0.4 is 14.8 Å². The normalized spacial score (nSPS) is 15.9. The number of hydrogen-bond acceptors (Lipinski definition) is 6. The van der Waals surface area contributed by atoms with Crippen molar-refractivity contribution in [1.29, 1.82) is 0 Å². The molecular weight excluding hydrogens is 340 g/mol. The number of nitrogens with zero attached hydrogens (tertiary/aromatic N) is 3. The first-order valence-electron chi connectivity index (χ1n) is 8.50. The van der Waals surface area contributed by atoms with E-state index in [9.17, 15) is 4.79 Å². The Morgan fingerprint density at radius 1 is 1.28 bits per heavy atom. The first-order chi connectivity index (χ1) is 12.2. The Morgan fingerprint density at radius 2 is 2.08 bits per heavy atom. The van der Waals surface area contributed by atoms with Gasteiger partial charge in [0, 0.05) is 24.2 Å². The highest BCUT2D eigenvalue weighted by Crippen LogP contribution is 2.39. The van der Waals surface area contributed by atoms with E-state index in [1.807, 2.05) is 12.1 Å². The Morgan fingerprint density at radius 3 is 2.84 bits per heavy atom. The van der Waals surface area contributed by atoms with Crippen LogP contribution in [0.25, 0.3) is 0 Å². The minimum Gasteiger partial charge on any atom is -0.486 e. The van der Waals surface area contributed by atoms with E-state index < -0.39 is 0 Å². The highest BCUT2D eigenvalue weighted by atomic mass is 32.2. The molecule has 2 heterocycles. The van der Waals surface area contributed by atoms with Crippen molar-refractivity contribution in [3.63, 3.8) is 0 Å². The average molecular weight is 360 g/mol. The maximum absolute atomic E-state index is 12.3. The summed E-state index contributed by atoms with van der Waals surface area (Å²) in [6, 6.07) is 5.93. The zero-order valence-corrected chi connectivity index (χ0v) is 14.8. The van der Waals surface area contributed by atoms with Crippen molar-refractivity contribution >= 4 is 23.4 Å². The highest BCUT2D eigenvalue weighted by Gasteiger charge is 2.29. The molecule has 0 bridgehead atoms. The van der Waals surface area contributed by atoms with Crippen LogP contribution in [-0.4, -0.2) is 39.6 Å². The van der Waals surface area contributed by atoms with E-state index in [2.05, 4.69) is 27.0 Å². The van der Waals surface area contributed by atoms with Gasteiger partial charge in [-0.1, -0.05) is 18.7 Å². The summed E-state index contributed by atoms with van der Waals surface area (Å²) >= 11 is 1.43. The average Bonchev–Trinajstić information content (AvgIpc) is 3.39. The Hall–Kier alpha value is -2.22. The summed E-state index contributed by atoms with van der Waals surface area (Å²) in [5.41, 5.74) is 0.702. The summed E-state index contributed by atoms with van der Waals surface area (Å²) in [5.74, 6) is 2.59. The van der Waals surface area contributed by atoms with Gasteiger partial charge in [0.05, 0.1) is 5.75 Å². The minimum absolute atomic E-state index is 0.0786. The number of rotatable bonds is 6. The van der Waals surface area contributed by atoms with Crippen LogP contribution in [0.1, 0.15) is 31.6 Å². The summed E-state index contributed by atoms with van der Waals surface area (Å²) in [6.45, 7) is 3.15. The van der Waals surface area contributed by atoms with Gasteiger partial charge in [-0.15, -0.1) is 10.2 Å². The number of aryl methyl sites for hydroxylation is 1. The fourth-order valence-corrected chi connectivity index (χ4v) is 3.62. The number of carbonyl (C=O) groups is 1. The Balaban J connectivity index is 1.37. The molecule has 1 aromatic heterocycles. The molecule has 1 aliphatic heterocycles. The predicted octanol–water partition coefficient (Wildman–Crippen LogP) is 2.68.